The number of hydrogen-bond acceptors (Lipinski definition) is 4. The number of rotatable bonds is 4. The molecule has 3 aromatic rings. The summed E-state index contributed by atoms with van der Waals surface area (Å²) < 4.78 is 1.46. The summed E-state index contributed by atoms with van der Waals surface area (Å²) in [5, 5.41) is 16.2. The highest BCUT2D eigenvalue weighted by Crippen LogP contribution is 2.40. The molecule has 7 nitrogen and oxygen atoms in total. The Morgan fingerprint density at radius 1 is 1.43 bits per heavy atom. The second kappa shape index (κ2) is 4.41. The maximum atomic E-state index is 10.8. The van der Waals surface area contributed by atoms with Crippen LogP contribution in [0.1, 0.15) is 40.6 Å². The van der Waals surface area contributed by atoms with E-state index in [0.717, 1.165) is 16.9 Å². The van der Waals surface area contributed by atoms with Gasteiger partial charge in [0.15, 0.2) is 5.69 Å². The van der Waals surface area contributed by atoms with Crippen LogP contribution < -0.4 is 0 Å². The van der Waals surface area contributed by atoms with E-state index < -0.39 is 5.97 Å². The van der Waals surface area contributed by atoms with Gasteiger partial charge in [-0.2, -0.15) is 0 Å². The van der Waals surface area contributed by atoms with E-state index in [4.69, 9.17) is 5.11 Å². The molecule has 0 amide bonds. The van der Waals surface area contributed by atoms with Gasteiger partial charge in [-0.15, -0.1) is 5.10 Å². The monoisotopic (exact) mass is 283 g/mol. The van der Waals surface area contributed by atoms with Crippen molar-refractivity contribution in [2.75, 3.05) is 0 Å². The average molecular weight is 283 g/mol. The molecule has 0 spiro atoms. The molecule has 2 aromatic heterocycles. The number of nitrogens with one attached hydrogen (secondary N) is 1. The van der Waals surface area contributed by atoms with Gasteiger partial charge in [0.05, 0.1) is 17.2 Å². The minimum absolute atomic E-state index is 0.0675. The molecule has 0 radical (unpaired) electrons. The number of nitrogens with zero attached hydrogens (tertiary/aromatic N) is 4. The standard InChI is InChI=1S/C14H13N5O2/c20-14(21)12-6-19(18-17-12)7-13-15-10-4-3-9(8-1-2-8)5-11(10)16-13/h3-6,8H,1-2,7H2,(H,15,16)(H,20,21). The van der Waals surface area contributed by atoms with E-state index in [2.05, 4.69) is 32.4 Å². The third-order valence-electron chi connectivity index (χ3n) is 3.67. The molecule has 0 unspecified atom stereocenters. The summed E-state index contributed by atoms with van der Waals surface area (Å²) in [6.07, 6.45) is 3.92. The van der Waals surface area contributed by atoms with Gasteiger partial charge in [-0.1, -0.05) is 11.3 Å². The van der Waals surface area contributed by atoms with Crippen molar-refractivity contribution in [1.82, 2.24) is 25.0 Å². The van der Waals surface area contributed by atoms with Crippen LogP contribution in [0.15, 0.2) is 24.4 Å². The number of aromatic amines is 1. The van der Waals surface area contributed by atoms with Crippen LogP contribution in [-0.4, -0.2) is 36.0 Å². The van der Waals surface area contributed by atoms with Gasteiger partial charge in [-0.3, -0.25) is 0 Å². The van der Waals surface area contributed by atoms with Gasteiger partial charge >= 0.3 is 5.97 Å². The van der Waals surface area contributed by atoms with Crippen LogP contribution in [0.25, 0.3) is 11.0 Å². The van der Waals surface area contributed by atoms with Crippen molar-refractivity contribution in [1.29, 1.82) is 0 Å². The summed E-state index contributed by atoms with van der Waals surface area (Å²) >= 11 is 0. The second-order valence-corrected chi connectivity index (χ2v) is 5.34. The highest BCUT2D eigenvalue weighted by molar-refractivity contribution is 5.84. The highest BCUT2D eigenvalue weighted by atomic mass is 16.4. The number of fused-ring (bicyclic) bond motifs is 1. The third-order valence-corrected chi connectivity index (χ3v) is 3.67. The lowest BCUT2D eigenvalue weighted by Gasteiger charge is -1.95. The van der Waals surface area contributed by atoms with Crippen LogP contribution in [0.4, 0.5) is 0 Å². The average Bonchev–Trinajstić information content (AvgIpc) is 3.07. The Hall–Kier alpha value is -2.70. The van der Waals surface area contributed by atoms with Gasteiger partial charge in [0.25, 0.3) is 0 Å². The van der Waals surface area contributed by atoms with Crippen molar-refractivity contribution < 1.29 is 9.90 Å². The Morgan fingerprint density at radius 2 is 2.29 bits per heavy atom. The van der Waals surface area contributed by atoms with E-state index in [1.807, 2.05) is 6.07 Å². The Balaban J connectivity index is 1.61. The lowest BCUT2D eigenvalue weighted by atomic mass is 10.1. The second-order valence-electron chi connectivity index (χ2n) is 5.34. The van der Waals surface area contributed by atoms with E-state index in [9.17, 15) is 4.79 Å². The van der Waals surface area contributed by atoms with Gasteiger partial charge in [0.1, 0.15) is 12.4 Å². The first-order valence-electron chi connectivity index (χ1n) is 6.81. The zero-order chi connectivity index (χ0) is 14.4. The fraction of sp³-hybridized carbons (Fsp3) is 0.286. The molecular formula is C14H13N5O2. The van der Waals surface area contributed by atoms with Crippen LogP contribution in [-0.2, 0) is 6.54 Å². The molecule has 2 heterocycles. The van der Waals surface area contributed by atoms with Crippen molar-refractivity contribution in [2.45, 2.75) is 25.3 Å². The SMILES string of the molecule is O=C(O)c1cn(Cc2nc3cc(C4CC4)ccc3[nH]2)nn1. The third kappa shape index (κ3) is 2.26. The molecule has 106 valence electrons. The van der Waals surface area contributed by atoms with E-state index in [-0.39, 0.29) is 5.69 Å². The Kier molecular flexibility index (Phi) is 2.53. The maximum absolute atomic E-state index is 10.8. The van der Waals surface area contributed by atoms with E-state index >= 15 is 0 Å². The fourth-order valence-electron chi connectivity index (χ4n) is 2.45. The quantitative estimate of drug-likeness (QED) is 0.760. The van der Waals surface area contributed by atoms with Crippen molar-refractivity contribution in [3.63, 3.8) is 0 Å². The van der Waals surface area contributed by atoms with Gasteiger partial charge in [-0.05, 0) is 36.5 Å². The molecule has 0 bridgehead atoms. The lowest BCUT2D eigenvalue weighted by molar-refractivity contribution is 0.0690. The maximum Gasteiger partial charge on any atom is 0.358 e. The molecule has 1 saturated carbocycles. The number of imidazole rings is 1. The van der Waals surface area contributed by atoms with Gasteiger partial charge < -0.3 is 10.1 Å². The van der Waals surface area contributed by atoms with Gasteiger partial charge in [0.2, 0.25) is 0 Å². The topological polar surface area (TPSA) is 96.7 Å². The van der Waals surface area contributed by atoms with E-state index in [1.165, 1.54) is 29.3 Å². The number of carboxylic acid groups (broad SMARTS) is 1. The summed E-state index contributed by atoms with van der Waals surface area (Å²) in [6, 6.07) is 6.31. The number of carboxylic acids is 1. The zero-order valence-corrected chi connectivity index (χ0v) is 11.2. The molecule has 1 aliphatic carbocycles. The van der Waals surface area contributed by atoms with Crippen LogP contribution in [0, 0.1) is 0 Å². The minimum atomic E-state index is -1.08. The largest absolute Gasteiger partial charge is 0.476 e. The summed E-state index contributed by atoms with van der Waals surface area (Å²) in [5.74, 6) is 0.350. The highest BCUT2D eigenvalue weighted by Gasteiger charge is 2.23. The molecule has 2 N–H and O–H groups in total. The van der Waals surface area contributed by atoms with Crippen LogP contribution >= 0.6 is 0 Å². The molecule has 1 aliphatic rings. The smallest absolute Gasteiger partial charge is 0.358 e. The number of benzene rings is 1. The van der Waals surface area contributed by atoms with Crippen molar-refractivity contribution >= 4 is 17.0 Å². The molecule has 4 rings (SSSR count). The normalized spacial score (nSPS) is 14.7. The Bertz CT molecular complexity index is 831. The summed E-state index contributed by atoms with van der Waals surface area (Å²) in [7, 11) is 0. The van der Waals surface area contributed by atoms with Crippen molar-refractivity contribution in [2.24, 2.45) is 0 Å². The van der Waals surface area contributed by atoms with Crippen LogP contribution in [0.2, 0.25) is 0 Å². The lowest BCUT2D eigenvalue weighted by Crippen LogP contribution is -2.02. The number of carbonyl (C=O) groups is 1. The van der Waals surface area contributed by atoms with Crippen molar-refractivity contribution in [3.8, 4) is 0 Å². The molecule has 21 heavy (non-hydrogen) atoms. The van der Waals surface area contributed by atoms with Crippen LogP contribution in [0.3, 0.4) is 0 Å². The van der Waals surface area contributed by atoms with Crippen molar-refractivity contribution in [3.05, 3.63) is 41.5 Å². The molecule has 0 saturated heterocycles. The summed E-state index contributed by atoms with van der Waals surface area (Å²) in [4.78, 5) is 18.5. The summed E-state index contributed by atoms with van der Waals surface area (Å²) in [6.45, 7) is 0.369. The Morgan fingerprint density at radius 3 is 3.00 bits per heavy atom. The molecule has 7 heteroatoms. The first-order valence-corrected chi connectivity index (χ1v) is 6.81. The molecule has 1 aromatic carbocycles. The molecule has 0 aliphatic heterocycles. The zero-order valence-electron chi connectivity index (χ0n) is 11.2. The van der Waals surface area contributed by atoms with E-state index in [0.29, 0.717) is 12.5 Å². The predicted molar refractivity (Wildman–Crippen MR) is 74.2 cm³/mol. The Labute approximate surface area is 119 Å². The summed E-state index contributed by atoms with van der Waals surface area (Å²) in [5.41, 5.74) is 3.19. The molecular weight excluding hydrogens is 270 g/mol. The predicted octanol–water partition coefficient (Wildman–Crippen LogP) is 1.78. The molecule has 1 fully saturated rings. The first-order chi connectivity index (χ1) is 10.2. The first kappa shape index (κ1) is 12.1. The van der Waals surface area contributed by atoms with Gasteiger partial charge in [0, 0.05) is 0 Å². The fourth-order valence-corrected chi connectivity index (χ4v) is 2.45. The van der Waals surface area contributed by atoms with Crippen LogP contribution in [0.5, 0.6) is 0 Å². The number of aromatic nitrogens is 5. The molecule has 0 atom stereocenters. The number of aromatic carboxylic acids is 1. The van der Waals surface area contributed by atoms with Gasteiger partial charge in [-0.25, -0.2) is 14.5 Å². The number of H-pyrrole nitrogens is 1. The van der Waals surface area contributed by atoms with E-state index in [1.54, 1.807) is 0 Å². The minimum Gasteiger partial charge on any atom is -0.476 e. The number of hydrogen-bond donors (Lipinski definition) is 2.